The van der Waals surface area contributed by atoms with Crippen LogP contribution in [0.1, 0.15) is 60.0 Å². The summed E-state index contributed by atoms with van der Waals surface area (Å²) in [6.07, 6.45) is 1.68. The smallest absolute Gasteiger partial charge is 0.290 e. The zero-order valence-corrected chi connectivity index (χ0v) is 18.5. The molecule has 1 atom stereocenters. The first kappa shape index (κ1) is 21.2. The molecule has 1 amide bonds. The van der Waals surface area contributed by atoms with Gasteiger partial charge in [0.2, 0.25) is 5.76 Å². The van der Waals surface area contributed by atoms with Crippen molar-refractivity contribution >= 4 is 28.5 Å². The first-order valence-electron chi connectivity index (χ1n) is 10.4. The molecule has 1 aliphatic rings. The van der Waals surface area contributed by atoms with E-state index in [0.29, 0.717) is 46.0 Å². The molecule has 1 unspecified atom stereocenters. The fourth-order valence-electron chi connectivity index (χ4n) is 4.02. The van der Waals surface area contributed by atoms with E-state index in [1.807, 2.05) is 20.8 Å². The number of hydrogen-bond donors (Lipinski definition) is 1. The van der Waals surface area contributed by atoms with Crippen LogP contribution in [-0.2, 0) is 0 Å². The van der Waals surface area contributed by atoms with Crippen molar-refractivity contribution in [3.63, 3.8) is 0 Å². The fourth-order valence-corrected chi connectivity index (χ4v) is 4.18. The van der Waals surface area contributed by atoms with Gasteiger partial charge in [-0.1, -0.05) is 31.0 Å². The molecule has 31 heavy (non-hydrogen) atoms. The van der Waals surface area contributed by atoms with Gasteiger partial charge in [-0.3, -0.25) is 9.59 Å². The van der Waals surface area contributed by atoms with Crippen LogP contribution in [0.25, 0.3) is 11.0 Å². The molecule has 162 valence electrons. The van der Waals surface area contributed by atoms with Crippen molar-refractivity contribution in [2.75, 3.05) is 13.2 Å². The highest BCUT2D eigenvalue weighted by Gasteiger charge is 2.42. The van der Waals surface area contributed by atoms with E-state index < -0.39 is 6.04 Å². The predicted molar refractivity (Wildman–Crippen MR) is 119 cm³/mol. The molecule has 0 radical (unpaired) electrons. The minimum absolute atomic E-state index is 0.00283. The number of carbonyl (C=O) groups excluding carboxylic acids is 1. The van der Waals surface area contributed by atoms with Crippen molar-refractivity contribution in [3.8, 4) is 11.5 Å². The van der Waals surface area contributed by atoms with Gasteiger partial charge in [-0.2, -0.15) is 0 Å². The van der Waals surface area contributed by atoms with Gasteiger partial charge in [0.05, 0.1) is 23.6 Å². The van der Waals surface area contributed by atoms with Gasteiger partial charge in [0.15, 0.2) is 16.9 Å². The normalized spacial score (nSPS) is 15.5. The van der Waals surface area contributed by atoms with E-state index in [1.165, 1.54) is 6.07 Å². The number of amides is 1. The van der Waals surface area contributed by atoms with E-state index in [-0.39, 0.29) is 22.8 Å². The van der Waals surface area contributed by atoms with Crippen molar-refractivity contribution in [2.45, 2.75) is 39.7 Å². The maximum Gasteiger partial charge on any atom is 0.290 e. The molecule has 0 bridgehead atoms. The molecule has 6 nitrogen and oxygen atoms in total. The predicted octanol–water partition coefficient (Wildman–Crippen LogP) is 5.20. The second-order valence-electron chi connectivity index (χ2n) is 7.69. The van der Waals surface area contributed by atoms with Crippen LogP contribution in [0, 0.1) is 6.92 Å². The molecule has 0 spiro atoms. The molecule has 1 N–H and O–H groups in total. The number of phenols is 1. The van der Waals surface area contributed by atoms with Gasteiger partial charge >= 0.3 is 0 Å². The van der Waals surface area contributed by atoms with Crippen molar-refractivity contribution < 1.29 is 19.1 Å². The average molecular weight is 442 g/mol. The Morgan fingerprint density at radius 2 is 1.97 bits per heavy atom. The molecule has 0 fully saturated rings. The van der Waals surface area contributed by atoms with Gasteiger partial charge < -0.3 is 19.2 Å². The highest BCUT2D eigenvalue weighted by molar-refractivity contribution is 6.32. The molecule has 1 aromatic heterocycles. The molecule has 2 heterocycles. The van der Waals surface area contributed by atoms with Gasteiger partial charge in [-0.15, -0.1) is 0 Å². The number of hydrogen-bond acceptors (Lipinski definition) is 5. The van der Waals surface area contributed by atoms with E-state index in [4.69, 9.17) is 20.8 Å². The fraction of sp³-hybridized carbons (Fsp3) is 0.333. The molecule has 0 saturated heterocycles. The maximum atomic E-state index is 13.5. The zero-order valence-electron chi connectivity index (χ0n) is 17.7. The highest BCUT2D eigenvalue weighted by atomic mass is 35.5. The van der Waals surface area contributed by atoms with Crippen molar-refractivity contribution in [3.05, 3.63) is 68.0 Å². The molecule has 0 aliphatic carbocycles. The van der Waals surface area contributed by atoms with Crippen LogP contribution >= 0.6 is 11.6 Å². The number of halogens is 1. The summed E-state index contributed by atoms with van der Waals surface area (Å²) in [6, 6.07) is 7.55. The van der Waals surface area contributed by atoms with Gasteiger partial charge in [0.25, 0.3) is 5.91 Å². The third-order valence-electron chi connectivity index (χ3n) is 5.60. The number of fused-ring (bicyclic) bond motifs is 2. The lowest BCUT2D eigenvalue weighted by atomic mass is 9.97. The van der Waals surface area contributed by atoms with Crippen LogP contribution in [0.15, 0.2) is 39.5 Å². The summed E-state index contributed by atoms with van der Waals surface area (Å²) < 4.78 is 11.5. The van der Waals surface area contributed by atoms with E-state index in [1.54, 1.807) is 29.2 Å². The second kappa shape index (κ2) is 8.27. The SMILES string of the molecule is CCCCN1C(=O)c2oc3cc(C)c(Cl)cc3c(=O)c2C1c1ccc(O)c(OCC)c1. The van der Waals surface area contributed by atoms with Gasteiger partial charge in [-0.05, 0) is 55.7 Å². The molecule has 1 aliphatic heterocycles. The van der Waals surface area contributed by atoms with Gasteiger partial charge in [0.1, 0.15) is 5.58 Å². The Kier molecular flexibility index (Phi) is 5.67. The number of phenolic OH excluding ortho intramolecular Hbond substituents is 1. The summed E-state index contributed by atoms with van der Waals surface area (Å²) >= 11 is 6.26. The summed E-state index contributed by atoms with van der Waals surface area (Å²) in [5, 5.41) is 10.9. The number of unbranched alkanes of at least 4 members (excludes halogenated alkanes) is 1. The number of carbonyl (C=O) groups is 1. The zero-order chi connectivity index (χ0) is 22.3. The molecular weight excluding hydrogens is 418 g/mol. The van der Waals surface area contributed by atoms with Crippen molar-refractivity contribution in [1.29, 1.82) is 0 Å². The minimum atomic E-state index is -0.630. The standard InChI is InChI=1S/C24H24ClNO5/c1-4-6-9-26-21(14-7-8-17(27)19(11-14)30-5-2)20-22(28)15-12-16(25)13(3)10-18(15)31-23(20)24(26)29/h7-8,10-12,21,27H,4-6,9H2,1-3H3. The minimum Gasteiger partial charge on any atom is -0.504 e. The third kappa shape index (κ3) is 3.55. The Morgan fingerprint density at radius 1 is 1.19 bits per heavy atom. The molecular formula is C24H24ClNO5. The monoisotopic (exact) mass is 441 g/mol. The molecule has 4 rings (SSSR count). The summed E-state index contributed by atoms with van der Waals surface area (Å²) in [7, 11) is 0. The summed E-state index contributed by atoms with van der Waals surface area (Å²) in [5.74, 6) is 0.0562. The Hall–Kier alpha value is -2.99. The van der Waals surface area contributed by atoms with Gasteiger partial charge in [-0.25, -0.2) is 0 Å². The Balaban J connectivity index is 1.97. The topological polar surface area (TPSA) is 80.0 Å². The van der Waals surface area contributed by atoms with E-state index in [9.17, 15) is 14.7 Å². The van der Waals surface area contributed by atoms with Crippen LogP contribution in [-0.4, -0.2) is 29.1 Å². The lowest BCUT2D eigenvalue weighted by Crippen LogP contribution is -2.30. The number of benzene rings is 2. The van der Waals surface area contributed by atoms with E-state index in [2.05, 4.69) is 0 Å². The van der Waals surface area contributed by atoms with Crippen LogP contribution in [0.5, 0.6) is 11.5 Å². The number of aromatic hydroxyl groups is 1. The van der Waals surface area contributed by atoms with Crippen LogP contribution in [0.2, 0.25) is 5.02 Å². The first-order valence-corrected chi connectivity index (χ1v) is 10.8. The Morgan fingerprint density at radius 3 is 2.68 bits per heavy atom. The third-order valence-corrected chi connectivity index (χ3v) is 6.01. The average Bonchev–Trinajstić information content (AvgIpc) is 3.02. The summed E-state index contributed by atoms with van der Waals surface area (Å²) in [4.78, 5) is 28.5. The highest BCUT2D eigenvalue weighted by Crippen LogP contribution is 2.41. The van der Waals surface area contributed by atoms with Gasteiger partial charge in [0, 0.05) is 11.6 Å². The molecule has 7 heteroatoms. The number of ether oxygens (including phenoxy) is 1. The van der Waals surface area contributed by atoms with E-state index >= 15 is 0 Å². The van der Waals surface area contributed by atoms with Crippen molar-refractivity contribution in [1.82, 2.24) is 4.90 Å². The molecule has 3 aromatic rings. The van der Waals surface area contributed by atoms with E-state index in [0.717, 1.165) is 18.4 Å². The lowest BCUT2D eigenvalue weighted by Gasteiger charge is -2.25. The Labute approximate surface area is 185 Å². The Bertz CT molecular complexity index is 1230. The number of nitrogens with zero attached hydrogens (tertiary/aromatic N) is 1. The second-order valence-corrected chi connectivity index (χ2v) is 8.09. The summed E-state index contributed by atoms with van der Waals surface area (Å²) in [5.41, 5.74) is 1.80. The largest absolute Gasteiger partial charge is 0.504 e. The van der Waals surface area contributed by atoms with Crippen LogP contribution in [0.3, 0.4) is 0 Å². The quantitative estimate of drug-likeness (QED) is 0.568. The molecule has 0 saturated carbocycles. The first-order chi connectivity index (χ1) is 14.9. The lowest BCUT2D eigenvalue weighted by molar-refractivity contribution is 0.0725. The maximum absolute atomic E-state index is 13.5. The number of aryl methyl sites for hydroxylation is 1. The van der Waals surface area contributed by atoms with Crippen LogP contribution in [0.4, 0.5) is 0 Å². The summed E-state index contributed by atoms with van der Waals surface area (Å²) in [6.45, 7) is 6.53. The van der Waals surface area contributed by atoms with Crippen molar-refractivity contribution in [2.24, 2.45) is 0 Å². The number of rotatable bonds is 6. The molecule has 2 aromatic carbocycles. The van der Waals surface area contributed by atoms with Crippen LogP contribution < -0.4 is 10.2 Å².